The minimum absolute atomic E-state index is 0.0189. The summed E-state index contributed by atoms with van der Waals surface area (Å²) < 4.78 is 4.71. The van der Waals surface area contributed by atoms with Gasteiger partial charge in [-0.25, -0.2) is 0 Å². The van der Waals surface area contributed by atoms with Crippen molar-refractivity contribution in [1.82, 2.24) is 4.90 Å². The van der Waals surface area contributed by atoms with E-state index in [4.69, 9.17) is 9.84 Å². The van der Waals surface area contributed by atoms with E-state index in [-0.39, 0.29) is 12.5 Å². The molecule has 0 unspecified atom stereocenters. The Kier molecular flexibility index (Phi) is 6.80. The first kappa shape index (κ1) is 15.9. The molecular weight excluding hydrogens is 222 g/mol. The first-order valence-corrected chi connectivity index (χ1v) is 5.86. The van der Waals surface area contributed by atoms with Crippen LogP contribution in [0.3, 0.4) is 0 Å². The summed E-state index contributed by atoms with van der Waals surface area (Å²) in [5.41, 5.74) is -0.570. The second kappa shape index (κ2) is 7.27. The Morgan fingerprint density at radius 3 is 2.29 bits per heavy atom. The maximum atomic E-state index is 11.5. The third-order valence-corrected chi connectivity index (χ3v) is 2.69. The van der Waals surface area contributed by atoms with Gasteiger partial charge in [-0.2, -0.15) is 0 Å². The minimum atomic E-state index is -0.839. The van der Waals surface area contributed by atoms with Gasteiger partial charge < -0.3 is 9.84 Å². The lowest BCUT2D eigenvalue weighted by molar-refractivity contribution is -0.151. The van der Waals surface area contributed by atoms with Crippen LogP contribution in [-0.4, -0.2) is 48.7 Å². The Morgan fingerprint density at radius 2 is 1.88 bits per heavy atom. The van der Waals surface area contributed by atoms with Crippen LogP contribution >= 0.6 is 0 Å². The van der Waals surface area contributed by atoms with E-state index in [2.05, 4.69) is 0 Å². The zero-order valence-corrected chi connectivity index (χ0v) is 11.2. The lowest BCUT2D eigenvalue weighted by Gasteiger charge is -2.26. The summed E-state index contributed by atoms with van der Waals surface area (Å²) in [6.07, 6.45) is 1.49. The maximum Gasteiger partial charge on any atom is 0.317 e. The van der Waals surface area contributed by atoms with Crippen LogP contribution < -0.4 is 0 Å². The Labute approximate surface area is 103 Å². The number of methoxy groups -OCH3 is 1. The van der Waals surface area contributed by atoms with Gasteiger partial charge in [-0.1, -0.05) is 6.92 Å². The molecule has 0 aliphatic rings. The Balaban J connectivity index is 4.28. The van der Waals surface area contributed by atoms with Crippen molar-refractivity contribution in [3.05, 3.63) is 0 Å². The van der Waals surface area contributed by atoms with Gasteiger partial charge in [-0.05, 0) is 39.8 Å². The number of carbonyl (C=O) groups excluding carboxylic acids is 1. The molecule has 0 spiro atoms. The van der Waals surface area contributed by atoms with Crippen LogP contribution in [0.4, 0.5) is 0 Å². The Morgan fingerprint density at radius 1 is 1.29 bits per heavy atom. The molecule has 0 heterocycles. The standard InChI is InChI=1S/C12H23NO4/c1-5-7-13(9-10(14)15)8-6-12(2,3)11(16)17-4/h5-9H2,1-4H3,(H,14,15). The van der Waals surface area contributed by atoms with E-state index < -0.39 is 11.4 Å². The van der Waals surface area contributed by atoms with Gasteiger partial charge in [-0.15, -0.1) is 0 Å². The van der Waals surface area contributed by atoms with Crippen molar-refractivity contribution >= 4 is 11.9 Å². The van der Waals surface area contributed by atoms with E-state index in [9.17, 15) is 9.59 Å². The average molecular weight is 245 g/mol. The summed E-state index contributed by atoms with van der Waals surface area (Å²) in [5, 5.41) is 8.76. The van der Waals surface area contributed by atoms with Gasteiger partial charge >= 0.3 is 11.9 Å². The van der Waals surface area contributed by atoms with Crippen LogP contribution in [-0.2, 0) is 14.3 Å². The molecule has 17 heavy (non-hydrogen) atoms. The summed E-state index contributed by atoms with van der Waals surface area (Å²) in [4.78, 5) is 24.0. The van der Waals surface area contributed by atoms with Gasteiger partial charge in [0, 0.05) is 0 Å². The van der Waals surface area contributed by atoms with E-state index in [0.717, 1.165) is 13.0 Å². The first-order valence-electron chi connectivity index (χ1n) is 5.86. The number of hydrogen-bond acceptors (Lipinski definition) is 4. The summed E-state index contributed by atoms with van der Waals surface area (Å²) in [7, 11) is 1.37. The quantitative estimate of drug-likeness (QED) is 0.654. The zero-order chi connectivity index (χ0) is 13.5. The van der Waals surface area contributed by atoms with Crippen molar-refractivity contribution in [2.24, 2.45) is 5.41 Å². The van der Waals surface area contributed by atoms with E-state index in [1.54, 1.807) is 0 Å². The number of ether oxygens (including phenoxy) is 1. The molecule has 0 atom stereocenters. The predicted molar refractivity (Wildman–Crippen MR) is 64.8 cm³/mol. The molecule has 0 amide bonds. The molecule has 0 aliphatic heterocycles. The highest BCUT2D eigenvalue weighted by Gasteiger charge is 2.29. The van der Waals surface area contributed by atoms with Crippen LogP contribution in [0.2, 0.25) is 0 Å². The summed E-state index contributed by atoms with van der Waals surface area (Å²) >= 11 is 0. The molecule has 5 heteroatoms. The smallest absolute Gasteiger partial charge is 0.317 e. The first-order chi connectivity index (χ1) is 7.83. The third-order valence-electron chi connectivity index (χ3n) is 2.69. The highest BCUT2D eigenvalue weighted by Crippen LogP contribution is 2.22. The number of carbonyl (C=O) groups is 2. The van der Waals surface area contributed by atoms with Gasteiger partial charge in [0.05, 0.1) is 19.1 Å². The van der Waals surface area contributed by atoms with E-state index in [1.807, 2.05) is 25.7 Å². The fraction of sp³-hybridized carbons (Fsp3) is 0.833. The average Bonchev–Trinajstić information content (AvgIpc) is 2.24. The summed E-state index contributed by atoms with van der Waals surface area (Å²) in [6.45, 7) is 6.95. The van der Waals surface area contributed by atoms with E-state index in [0.29, 0.717) is 13.0 Å². The van der Waals surface area contributed by atoms with E-state index in [1.165, 1.54) is 7.11 Å². The van der Waals surface area contributed by atoms with E-state index >= 15 is 0 Å². The predicted octanol–water partition coefficient (Wildman–Crippen LogP) is 1.37. The molecule has 0 radical (unpaired) electrons. The number of carboxylic acids is 1. The molecule has 0 aromatic carbocycles. The zero-order valence-electron chi connectivity index (χ0n) is 11.2. The lowest BCUT2D eigenvalue weighted by atomic mass is 9.89. The fourth-order valence-electron chi connectivity index (χ4n) is 1.59. The lowest BCUT2D eigenvalue weighted by Crippen LogP contribution is -2.36. The molecule has 5 nitrogen and oxygen atoms in total. The fourth-order valence-corrected chi connectivity index (χ4v) is 1.59. The third kappa shape index (κ3) is 6.26. The van der Waals surface area contributed by atoms with Gasteiger partial charge in [-0.3, -0.25) is 14.5 Å². The van der Waals surface area contributed by atoms with Crippen LogP contribution in [0.15, 0.2) is 0 Å². The minimum Gasteiger partial charge on any atom is -0.480 e. The van der Waals surface area contributed by atoms with Crippen molar-refractivity contribution < 1.29 is 19.4 Å². The highest BCUT2D eigenvalue weighted by atomic mass is 16.5. The number of hydrogen-bond donors (Lipinski definition) is 1. The molecule has 100 valence electrons. The second-order valence-electron chi connectivity index (χ2n) is 4.80. The number of esters is 1. The molecule has 1 N–H and O–H groups in total. The van der Waals surface area contributed by atoms with Gasteiger partial charge in [0.15, 0.2) is 0 Å². The number of aliphatic carboxylic acids is 1. The topological polar surface area (TPSA) is 66.8 Å². The van der Waals surface area contributed by atoms with Crippen LogP contribution in [0.1, 0.15) is 33.6 Å². The second-order valence-corrected chi connectivity index (χ2v) is 4.80. The number of carboxylic acid groups (broad SMARTS) is 1. The van der Waals surface area contributed by atoms with Crippen LogP contribution in [0.5, 0.6) is 0 Å². The highest BCUT2D eigenvalue weighted by molar-refractivity contribution is 5.75. The molecule has 0 aromatic heterocycles. The van der Waals surface area contributed by atoms with Crippen molar-refractivity contribution in [3.8, 4) is 0 Å². The maximum absolute atomic E-state index is 11.5. The van der Waals surface area contributed by atoms with Gasteiger partial charge in [0.25, 0.3) is 0 Å². The number of nitrogens with zero attached hydrogens (tertiary/aromatic N) is 1. The molecule has 0 saturated heterocycles. The van der Waals surface area contributed by atoms with Gasteiger partial charge in [0.1, 0.15) is 0 Å². The molecule has 0 aromatic rings. The van der Waals surface area contributed by atoms with Crippen LogP contribution in [0, 0.1) is 5.41 Å². The largest absolute Gasteiger partial charge is 0.480 e. The Bertz CT molecular complexity index is 263. The SMILES string of the molecule is CCCN(CCC(C)(C)C(=O)OC)CC(=O)O. The van der Waals surface area contributed by atoms with Crippen molar-refractivity contribution in [2.45, 2.75) is 33.6 Å². The summed E-state index contributed by atoms with van der Waals surface area (Å²) in [6, 6.07) is 0. The molecule has 0 fully saturated rings. The monoisotopic (exact) mass is 245 g/mol. The molecule has 0 rings (SSSR count). The van der Waals surface area contributed by atoms with Gasteiger partial charge in [0.2, 0.25) is 0 Å². The number of rotatable bonds is 8. The molecule has 0 aliphatic carbocycles. The molecule has 0 saturated carbocycles. The molecule has 0 bridgehead atoms. The van der Waals surface area contributed by atoms with Crippen molar-refractivity contribution in [2.75, 3.05) is 26.7 Å². The molecular formula is C12H23NO4. The normalized spacial score (nSPS) is 11.6. The van der Waals surface area contributed by atoms with Crippen molar-refractivity contribution in [1.29, 1.82) is 0 Å². The Hall–Kier alpha value is -1.10. The van der Waals surface area contributed by atoms with Crippen molar-refractivity contribution in [3.63, 3.8) is 0 Å². The summed E-state index contributed by atoms with van der Waals surface area (Å²) in [5.74, 6) is -1.10. The van der Waals surface area contributed by atoms with Crippen LogP contribution in [0.25, 0.3) is 0 Å².